The molecule has 0 unspecified atom stereocenters. The summed E-state index contributed by atoms with van der Waals surface area (Å²) in [6.45, 7) is 2.22. The van der Waals surface area contributed by atoms with Crippen LogP contribution in [0, 0.1) is 6.92 Å². The van der Waals surface area contributed by atoms with E-state index in [2.05, 4.69) is 0 Å². The molecule has 0 saturated carbocycles. The maximum Gasteiger partial charge on any atom is 0.243 e. The maximum absolute atomic E-state index is 12.4. The summed E-state index contributed by atoms with van der Waals surface area (Å²) >= 11 is 1.56. The van der Waals surface area contributed by atoms with Crippen LogP contribution >= 0.6 is 11.3 Å². The van der Waals surface area contributed by atoms with Crippen molar-refractivity contribution in [2.45, 2.75) is 18.4 Å². The highest BCUT2D eigenvalue weighted by Gasteiger charge is 2.22. The third kappa shape index (κ3) is 2.63. The van der Waals surface area contributed by atoms with Crippen molar-refractivity contribution in [3.63, 3.8) is 0 Å². The molecule has 0 bridgehead atoms. The van der Waals surface area contributed by atoms with Crippen LogP contribution in [0.5, 0.6) is 0 Å². The van der Waals surface area contributed by atoms with Gasteiger partial charge in [-0.25, -0.2) is 8.42 Å². The van der Waals surface area contributed by atoms with Gasteiger partial charge < -0.3 is 0 Å². The number of hydrogen-bond donors (Lipinski definition) is 0. The molecule has 0 aliphatic carbocycles. The smallest absolute Gasteiger partial charge is 0.207 e. The molecule has 0 fully saturated rings. The van der Waals surface area contributed by atoms with E-state index in [1.165, 1.54) is 4.31 Å². The van der Waals surface area contributed by atoms with Gasteiger partial charge in [0.05, 0.1) is 4.90 Å². The molecule has 96 valence electrons. The first-order valence-corrected chi connectivity index (χ1v) is 7.88. The monoisotopic (exact) mass is 281 g/mol. The molecule has 0 radical (unpaired) electrons. The molecule has 0 spiro atoms. The minimum Gasteiger partial charge on any atom is -0.207 e. The van der Waals surface area contributed by atoms with E-state index in [0.29, 0.717) is 11.4 Å². The Morgan fingerprint density at radius 1 is 1.17 bits per heavy atom. The van der Waals surface area contributed by atoms with Gasteiger partial charge in [0.15, 0.2) is 0 Å². The highest BCUT2D eigenvalue weighted by molar-refractivity contribution is 7.89. The second-order valence-electron chi connectivity index (χ2n) is 4.11. The van der Waals surface area contributed by atoms with E-state index in [4.69, 9.17) is 0 Å². The van der Waals surface area contributed by atoms with Gasteiger partial charge in [0.1, 0.15) is 0 Å². The Hall–Kier alpha value is -1.17. The van der Waals surface area contributed by atoms with Gasteiger partial charge in [-0.05, 0) is 30.0 Å². The second kappa shape index (κ2) is 5.22. The first-order valence-electron chi connectivity index (χ1n) is 5.56. The molecule has 0 aliphatic heterocycles. The van der Waals surface area contributed by atoms with E-state index in [0.717, 1.165) is 10.4 Å². The van der Waals surface area contributed by atoms with Crippen LogP contribution in [0.2, 0.25) is 0 Å². The predicted molar refractivity (Wildman–Crippen MR) is 74.2 cm³/mol. The molecule has 18 heavy (non-hydrogen) atoms. The van der Waals surface area contributed by atoms with E-state index in [-0.39, 0.29) is 0 Å². The van der Waals surface area contributed by atoms with E-state index >= 15 is 0 Å². The molecule has 0 aliphatic rings. The van der Waals surface area contributed by atoms with Gasteiger partial charge in [0, 0.05) is 18.5 Å². The number of sulfonamides is 1. The molecule has 0 N–H and O–H groups in total. The maximum atomic E-state index is 12.4. The van der Waals surface area contributed by atoms with Crippen molar-refractivity contribution in [3.8, 4) is 0 Å². The molecule has 3 nitrogen and oxygen atoms in total. The fraction of sp³-hybridized carbons (Fsp3) is 0.231. The Kier molecular flexibility index (Phi) is 3.85. The van der Waals surface area contributed by atoms with E-state index in [1.54, 1.807) is 30.5 Å². The summed E-state index contributed by atoms with van der Waals surface area (Å²) < 4.78 is 26.2. The summed E-state index contributed by atoms with van der Waals surface area (Å²) in [6, 6.07) is 10.9. The molecule has 2 rings (SSSR count). The van der Waals surface area contributed by atoms with Crippen molar-refractivity contribution in [1.29, 1.82) is 0 Å². The molecular formula is C13H15NO2S2. The van der Waals surface area contributed by atoms with Crippen molar-refractivity contribution in [3.05, 3.63) is 52.2 Å². The number of benzene rings is 1. The van der Waals surface area contributed by atoms with E-state index < -0.39 is 10.0 Å². The first kappa shape index (κ1) is 13.3. The third-order valence-electron chi connectivity index (χ3n) is 2.74. The van der Waals surface area contributed by atoms with Gasteiger partial charge >= 0.3 is 0 Å². The SMILES string of the molecule is Cc1ccccc1S(=O)(=O)N(C)Cc1cccs1. The Morgan fingerprint density at radius 2 is 1.89 bits per heavy atom. The zero-order valence-corrected chi connectivity index (χ0v) is 12.0. The standard InChI is InChI=1S/C13H15NO2S2/c1-11-6-3-4-8-13(11)18(15,16)14(2)10-12-7-5-9-17-12/h3-9H,10H2,1-2H3. The fourth-order valence-electron chi connectivity index (χ4n) is 1.72. The predicted octanol–water partition coefficient (Wildman–Crippen LogP) is 2.88. The summed E-state index contributed by atoms with van der Waals surface area (Å²) in [6.07, 6.45) is 0. The normalized spacial score (nSPS) is 11.9. The molecule has 1 aromatic carbocycles. The molecule has 0 saturated heterocycles. The summed E-state index contributed by atoms with van der Waals surface area (Å²) in [5.41, 5.74) is 0.774. The van der Waals surface area contributed by atoms with Crippen LogP contribution < -0.4 is 0 Å². The average Bonchev–Trinajstić information content (AvgIpc) is 2.82. The van der Waals surface area contributed by atoms with Crippen LogP contribution in [0.1, 0.15) is 10.4 Å². The van der Waals surface area contributed by atoms with Crippen LogP contribution in [-0.2, 0) is 16.6 Å². The number of aryl methyl sites for hydroxylation is 1. The van der Waals surface area contributed by atoms with E-state index in [9.17, 15) is 8.42 Å². The minimum absolute atomic E-state index is 0.379. The van der Waals surface area contributed by atoms with Gasteiger partial charge in [-0.3, -0.25) is 0 Å². The summed E-state index contributed by atoms with van der Waals surface area (Å²) in [4.78, 5) is 1.42. The lowest BCUT2D eigenvalue weighted by Gasteiger charge is -2.17. The Balaban J connectivity index is 2.29. The zero-order valence-electron chi connectivity index (χ0n) is 10.3. The van der Waals surface area contributed by atoms with Gasteiger partial charge in [-0.1, -0.05) is 24.3 Å². The summed E-state index contributed by atoms with van der Waals surface area (Å²) in [5, 5.41) is 1.95. The van der Waals surface area contributed by atoms with Crippen molar-refractivity contribution >= 4 is 21.4 Å². The molecule has 2 aromatic rings. The largest absolute Gasteiger partial charge is 0.243 e. The number of hydrogen-bond acceptors (Lipinski definition) is 3. The molecule has 1 heterocycles. The van der Waals surface area contributed by atoms with Gasteiger partial charge in [0.2, 0.25) is 10.0 Å². The lowest BCUT2D eigenvalue weighted by Crippen LogP contribution is -2.26. The molecule has 1 aromatic heterocycles. The van der Waals surface area contributed by atoms with Crippen molar-refractivity contribution in [2.24, 2.45) is 0 Å². The summed E-state index contributed by atoms with van der Waals surface area (Å²) in [5.74, 6) is 0. The lowest BCUT2D eigenvalue weighted by molar-refractivity contribution is 0.469. The first-order chi connectivity index (χ1) is 8.51. The van der Waals surface area contributed by atoms with E-state index in [1.807, 2.05) is 36.6 Å². The van der Waals surface area contributed by atoms with Gasteiger partial charge in [-0.2, -0.15) is 4.31 Å². The topological polar surface area (TPSA) is 37.4 Å². The van der Waals surface area contributed by atoms with Gasteiger partial charge in [-0.15, -0.1) is 11.3 Å². The Morgan fingerprint density at radius 3 is 2.50 bits per heavy atom. The van der Waals surface area contributed by atoms with Crippen LogP contribution in [-0.4, -0.2) is 19.8 Å². The summed E-state index contributed by atoms with van der Waals surface area (Å²) in [7, 11) is -1.79. The second-order valence-corrected chi connectivity index (χ2v) is 7.15. The third-order valence-corrected chi connectivity index (χ3v) is 5.57. The van der Waals surface area contributed by atoms with Crippen LogP contribution in [0.4, 0.5) is 0 Å². The molecule has 5 heteroatoms. The molecule has 0 atom stereocenters. The van der Waals surface area contributed by atoms with Crippen LogP contribution in [0.15, 0.2) is 46.7 Å². The molecular weight excluding hydrogens is 266 g/mol. The van der Waals surface area contributed by atoms with Gasteiger partial charge in [0.25, 0.3) is 0 Å². The Bertz CT molecular complexity index is 618. The van der Waals surface area contributed by atoms with Crippen LogP contribution in [0.3, 0.4) is 0 Å². The number of rotatable bonds is 4. The fourth-order valence-corrected chi connectivity index (χ4v) is 3.93. The van der Waals surface area contributed by atoms with Crippen molar-refractivity contribution in [2.75, 3.05) is 7.05 Å². The molecule has 0 amide bonds. The number of nitrogens with zero attached hydrogens (tertiary/aromatic N) is 1. The average molecular weight is 281 g/mol. The zero-order chi connectivity index (χ0) is 13.2. The van der Waals surface area contributed by atoms with Crippen LogP contribution in [0.25, 0.3) is 0 Å². The lowest BCUT2D eigenvalue weighted by atomic mass is 10.2. The highest BCUT2D eigenvalue weighted by atomic mass is 32.2. The Labute approximate surface area is 112 Å². The van der Waals surface area contributed by atoms with Crippen molar-refractivity contribution in [1.82, 2.24) is 4.31 Å². The quantitative estimate of drug-likeness (QED) is 0.864. The van der Waals surface area contributed by atoms with Crippen molar-refractivity contribution < 1.29 is 8.42 Å². The number of thiophene rings is 1. The highest BCUT2D eigenvalue weighted by Crippen LogP contribution is 2.21. The minimum atomic E-state index is -3.41.